The first-order chi connectivity index (χ1) is 14.5. The first kappa shape index (κ1) is 19.6. The average molecular weight is 412 g/mol. The van der Waals surface area contributed by atoms with Crippen molar-refractivity contribution in [1.29, 1.82) is 0 Å². The minimum absolute atomic E-state index is 0.0271. The van der Waals surface area contributed by atoms with Crippen LogP contribution in [0.4, 0.5) is 19.3 Å². The molecule has 154 valence electrons. The number of nitrogens with zero attached hydrogens (tertiary/aromatic N) is 2. The molecule has 7 nitrogen and oxygen atoms in total. The zero-order valence-corrected chi connectivity index (χ0v) is 16.0. The second-order valence-electron chi connectivity index (χ2n) is 6.75. The van der Waals surface area contributed by atoms with E-state index >= 15 is 0 Å². The SMILES string of the molecule is COC(=O)c1ccc(NC(=O)N2CCc3[nH]cnc3[C@H]2c2cccc(F)c2F)cc1. The third kappa shape index (κ3) is 3.49. The van der Waals surface area contributed by atoms with Crippen molar-refractivity contribution in [3.63, 3.8) is 0 Å². The van der Waals surface area contributed by atoms with Crippen LogP contribution in [0.1, 0.15) is 33.4 Å². The summed E-state index contributed by atoms with van der Waals surface area (Å²) in [5, 5.41) is 2.73. The van der Waals surface area contributed by atoms with Crippen LogP contribution in [0.5, 0.6) is 0 Å². The molecule has 2 heterocycles. The fourth-order valence-corrected chi connectivity index (χ4v) is 3.54. The van der Waals surface area contributed by atoms with Crippen molar-refractivity contribution in [2.24, 2.45) is 0 Å². The van der Waals surface area contributed by atoms with Crippen LogP contribution in [0, 0.1) is 11.6 Å². The van der Waals surface area contributed by atoms with Crippen LogP contribution >= 0.6 is 0 Å². The number of carbonyl (C=O) groups excluding carboxylic acids is 2. The lowest BCUT2D eigenvalue weighted by Gasteiger charge is -2.35. The number of nitrogens with one attached hydrogen (secondary N) is 2. The number of halogens is 2. The summed E-state index contributed by atoms with van der Waals surface area (Å²) in [5.41, 5.74) is 2.06. The molecule has 1 aromatic heterocycles. The molecular formula is C21H18F2N4O3. The summed E-state index contributed by atoms with van der Waals surface area (Å²) < 4.78 is 33.1. The molecule has 0 saturated carbocycles. The molecule has 0 fully saturated rings. The predicted octanol–water partition coefficient (Wildman–Crippen LogP) is 3.65. The molecule has 0 radical (unpaired) electrons. The Kier molecular flexibility index (Phi) is 5.18. The number of esters is 1. The van der Waals surface area contributed by atoms with Crippen molar-refractivity contribution in [1.82, 2.24) is 14.9 Å². The molecule has 0 bridgehead atoms. The fraction of sp³-hybridized carbons (Fsp3) is 0.190. The van der Waals surface area contributed by atoms with E-state index in [-0.39, 0.29) is 12.1 Å². The largest absolute Gasteiger partial charge is 0.465 e. The van der Waals surface area contributed by atoms with Crippen LogP contribution in [0.3, 0.4) is 0 Å². The quantitative estimate of drug-likeness (QED) is 0.643. The van der Waals surface area contributed by atoms with Gasteiger partial charge in [-0.1, -0.05) is 12.1 Å². The minimum Gasteiger partial charge on any atom is -0.465 e. The van der Waals surface area contributed by atoms with Gasteiger partial charge in [0.05, 0.1) is 24.7 Å². The van der Waals surface area contributed by atoms with Crippen molar-refractivity contribution >= 4 is 17.7 Å². The number of fused-ring (bicyclic) bond motifs is 1. The number of hydrogen-bond donors (Lipinski definition) is 2. The molecule has 2 amide bonds. The fourth-order valence-electron chi connectivity index (χ4n) is 3.54. The minimum atomic E-state index is -1.02. The molecule has 1 aliphatic rings. The van der Waals surface area contributed by atoms with Crippen LogP contribution in [0.15, 0.2) is 48.8 Å². The van der Waals surface area contributed by atoms with Crippen molar-refractivity contribution in [2.45, 2.75) is 12.5 Å². The number of ether oxygens (including phenoxy) is 1. The van der Waals surface area contributed by atoms with Gasteiger partial charge in [0.2, 0.25) is 0 Å². The summed E-state index contributed by atoms with van der Waals surface area (Å²) in [6.45, 7) is 0.280. The Morgan fingerprint density at radius 3 is 2.70 bits per heavy atom. The summed E-state index contributed by atoms with van der Waals surface area (Å²) in [7, 11) is 1.28. The summed E-state index contributed by atoms with van der Waals surface area (Å²) >= 11 is 0. The van der Waals surface area contributed by atoms with E-state index in [1.807, 2.05) is 0 Å². The Bertz CT molecular complexity index is 1100. The van der Waals surface area contributed by atoms with Crippen LogP contribution in [0.2, 0.25) is 0 Å². The lowest BCUT2D eigenvalue weighted by molar-refractivity contribution is 0.0600. The third-order valence-electron chi connectivity index (χ3n) is 5.02. The van der Waals surface area contributed by atoms with Crippen LogP contribution in [0.25, 0.3) is 0 Å². The second kappa shape index (κ2) is 7.94. The summed E-state index contributed by atoms with van der Waals surface area (Å²) in [5.74, 6) is -2.50. The van der Waals surface area contributed by atoms with E-state index in [0.29, 0.717) is 23.4 Å². The number of methoxy groups -OCH3 is 1. The number of H-pyrrole nitrogens is 1. The molecule has 0 aliphatic carbocycles. The Labute approximate surface area is 170 Å². The number of imidazole rings is 1. The summed E-state index contributed by atoms with van der Waals surface area (Å²) in [4.78, 5) is 33.2. The topological polar surface area (TPSA) is 87.3 Å². The normalized spacial score (nSPS) is 15.4. The van der Waals surface area contributed by atoms with Crippen molar-refractivity contribution < 1.29 is 23.1 Å². The molecule has 9 heteroatoms. The Balaban J connectivity index is 1.64. The van der Waals surface area contributed by atoms with E-state index in [0.717, 1.165) is 11.8 Å². The zero-order valence-electron chi connectivity index (χ0n) is 16.0. The lowest BCUT2D eigenvalue weighted by Crippen LogP contribution is -2.43. The Morgan fingerprint density at radius 1 is 1.20 bits per heavy atom. The maximum Gasteiger partial charge on any atom is 0.337 e. The van der Waals surface area contributed by atoms with Crippen LogP contribution in [-0.4, -0.2) is 40.5 Å². The van der Waals surface area contributed by atoms with Gasteiger partial charge in [-0.2, -0.15) is 0 Å². The number of amides is 2. The maximum absolute atomic E-state index is 14.6. The highest BCUT2D eigenvalue weighted by atomic mass is 19.2. The molecule has 1 atom stereocenters. The number of aromatic amines is 1. The van der Waals surface area contributed by atoms with Crippen LogP contribution < -0.4 is 5.32 Å². The zero-order chi connectivity index (χ0) is 21.3. The van der Waals surface area contributed by atoms with Gasteiger partial charge in [-0.05, 0) is 30.3 Å². The van der Waals surface area contributed by atoms with E-state index in [9.17, 15) is 18.4 Å². The molecule has 2 aromatic carbocycles. The van der Waals surface area contributed by atoms with E-state index in [1.54, 1.807) is 12.1 Å². The van der Waals surface area contributed by atoms with Gasteiger partial charge >= 0.3 is 12.0 Å². The van der Waals surface area contributed by atoms with E-state index in [1.165, 1.54) is 42.6 Å². The van der Waals surface area contributed by atoms with Gasteiger partial charge in [0, 0.05) is 29.9 Å². The number of rotatable bonds is 3. The first-order valence-corrected chi connectivity index (χ1v) is 9.21. The van der Waals surface area contributed by atoms with Crippen molar-refractivity contribution in [2.75, 3.05) is 19.0 Å². The first-order valence-electron chi connectivity index (χ1n) is 9.21. The average Bonchev–Trinajstić information content (AvgIpc) is 3.24. The molecular weight excluding hydrogens is 394 g/mol. The van der Waals surface area contributed by atoms with Gasteiger partial charge in [0.1, 0.15) is 6.04 Å². The molecule has 4 rings (SSSR count). The highest BCUT2D eigenvalue weighted by Gasteiger charge is 2.36. The summed E-state index contributed by atoms with van der Waals surface area (Å²) in [6.07, 6.45) is 1.97. The lowest BCUT2D eigenvalue weighted by atomic mass is 9.95. The molecule has 0 unspecified atom stereocenters. The maximum atomic E-state index is 14.6. The number of aromatic nitrogens is 2. The van der Waals surface area contributed by atoms with E-state index < -0.39 is 29.7 Å². The molecule has 2 N–H and O–H groups in total. The predicted molar refractivity (Wildman–Crippen MR) is 104 cm³/mol. The van der Waals surface area contributed by atoms with Gasteiger partial charge in [0.25, 0.3) is 0 Å². The second-order valence-corrected chi connectivity index (χ2v) is 6.75. The number of hydrogen-bond acceptors (Lipinski definition) is 4. The van der Waals surface area contributed by atoms with Gasteiger partial charge in [-0.25, -0.2) is 23.4 Å². The highest BCUT2D eigenvalue weighted by Crippen LogP contribution is 2.35. The smallest absolute Gasteiger partial charge is 0.337 e. The number of anilines is 1. The number of urea groups is 1. The summed E-state index contributed by atoms with van der Waals surface area (Å²) in [6, 6.07) is 8.65. The van der Waals surface area contributed by atoms with Crippen molar-refractivity contribution in [3.8, 4) is 0 Å². The van der Waals surface area contributed by atoms with Gasteiger partial charge < -0.3 is 19.9 Å². The number of benzene rings is 2. The molecule has 30 heavy (non-hydrogen) atoms. The monoisotopic (exact) mass is 412 g/mol. The van der Waals surface area contributed by atoms with Gasteiger partial charge in [-0.3, -0.25) is 0 Å². The Morgan fingerprint density at radius 2 is 1.97 bits per heavy atom. The van der Waals surface area contributed by atoms with Crippen molar-refractivity contribution in [3.05, 3.63) is 82.9 Å². The molecule has 0 saturated heterocycles. The van der Waals surface area contributed by atoms with E-state index in [2.05, 4.69) is 20.0 Å². The number of carbonyl (C=O) groups is 2. The van der Waals surface area contributed by atoms with Gasteiger partial charge in [0.15, 0.2) is 11.6 Å². The highest BCUT2D eigenvalue weighted by molar-refractivity contribution is 5.92. The van der Waals surface area contributed by atoms with Gasteiger partial charge in [-0.15, -0.1) is 0 Å². The standard InChI is InChI=1S/C21H18F2N4O3/c1-30-20(28)12-5-7-13(8-6-12)26-21(29)27-10-9-16-18(25-11-24-16)19(27)14-3-2-4-15(22)17(14)23/h2-8,11,19H,9-10H2,1H3,(H,24,25)(H,26,29)/t19-/m1/s1. The third-order valence-corrected chi connectivity index (χ3v) is 5.02. The molecule has 3 aromatic rings. The Hall–Kier alpha value is -3.75. The molecule has 1 aliphatic heterocycles. The van der Waals surface area contributed by atoms with Crippen LogP contribution in [-0.2, 0) is 11.2 Å². The van der Waals surface area contributed by atoms with E-state index in [4.69, 9.17) is 0 Å². The molecule has 0 spiro atoms.